The lowest BCUT2D eigenvalue weighted by atomic mass is 9.83. The monoisotopic (exact) mass is 212 g/mol. The van der Waals surface area contributed by atoms with Crippen LogP contribution in [0.15, 0.2) is 11.7 Å². The topological polar surface area (TPSA) is 62.2 Å². The van der Waals surface area contributed by atoms with Gasteiger partial charge in [-0.3, -0.25) is 9.78 Å². The zero-order valence-corrected chi connectivity index (χ0v) is 8.51. The molecule has 0 amide bonds. The fourth-order valence-electron chi connectivity index (χ4n) is 1.82. The summed E-state index contributed by atoms with van der Waals surface area (Å²) in [7, 11) is 0. The zero-order valence-electron chi connectivity index (χ0n) is 7.69. The number of nitrogens with zero attached hydrogens (tertiary/aromatic N) is 1. The molecule has 1 aliphatic heterocycles. The van der Waals surface area contributed by atoms with Crippen molar-refractivity contribution in [1.82, 2.24) is 10.3 Å². The number of thiazole rings is 1. The summed E-state index contributed by atoms with van der Waals surface area (Å²) < 4.78 is 0. The molecule has 1 aromatic heterocycles. The SMILES string of the molecule is O=C(O)C1(Cc2cncs2)CCNC1. The minimum atomic E-state index is -0.698. The Labute approximate surface area is 86.0 Å². The lowest BCUT2D eigenvalue weighted by Gasteiger charge is -2.21. The fourth-order valence-corrected chi connectivity index (χ4v) is 2.55. The van der Waals surface area contributed by atoms with Crippen molar-refractivity contribution in [3.8, 4) is 0 Å². The maximum atomic E-state index is 11.2. The molecule has 0 saturated carbocycles. The molecule has 0 aliphatic carbocycles. The van der Waals surface area contributed by atoms with E-state index in [1.807, 2.05) is 0 Å². The van der Waals surface area contributed by atoms with Crippen LogP contribution in [0.4, 0.5) is 0 Å². The van der Waals surface area contributed by atoms with Gasteiger partial charge in [-0.05, 0) is 13.0 Å². The van der Waals surface area contributed by atoms with E-state index in [0.717, 1.165) is 11.4 Å². The van der Waals surface area contributed by atoms with Crippen molar-refractivity contribution in [3.05, 3.63) is 16.6 Å². The van der Waals surface area contributed by atoms with Gasteiger partial charge in [0.1, 0.15) is 0 Å². The third-order valence-electron chi connectivity index (χ3n) is 2.69. The molecule has 0 aromatic carbocycles. The number of carbonyl (C=O) groups is 1. The van der Waals surface area contributed by atoms with Crippen LogP contribution < -0.4 is 5.32 Å². The first-order valence-corrected chi connectivity index (χ1v) is 5.42. The maximum absolute atomic E-state index is 11.2. The van der Waals surface area contributed by atoms with Gasteiger partial charge in [0, 0.05) is 24.0 Å². The van der Waals surface area contributed by atoms with E-state index in [4.69, 9.17) is 0 Å². The van der Waals surface area contributed by atoms with E-state index in [0.29, 0.717) is 19.4 Å². The highest BCUT2D eigenvalue weighted by atomic mass is 32.1. The summed E-state index contributed by atoms with van der Waals surface area (Å²) in [4.78, 5) is 16.2. The normalized spacial score (nSPS) is 26.6. The summed E-state index contributed by atoms with van der Waals surface area (Å²) in [6.45, 7) is 1.37. The molecule has 1 aromatic rings. The van der Waals surface area contributed by atoms with Crippen LogP contribution in [0.25, 0.3) is 0 Å². The van der Waals surface area contributed by atoms with E-state index < -0.39 is 11.4 Å². The molecule has 0 radical (unpaired) electrons. The molecular weight excluding hydrogens is 200 g/mol. The van der Waals surface area contributed by atoms with Crippen LogP contribution in [-0.4, -0.2) is 29.1 Å². The van der Waals surface area contributed by atoms with E-state index >= 15 is 0 Å². The predicted octanol–water partition coefficient (Wildman–Crippen LogP) is 0.750. The van der Waals surface area contributed by atoms with Gasteiger partial charge in [0.15, 0.2) is 0 Å². The Morgan fingerprint density at radius 2 is 2.64 bits per heavy atom. The fraction of sp³-hybridized carbons (Fsp3) is 0.556. The molecule has 1 saturated heterocycles. The van der Waals surface area contributed by atoms with Gasteiger partial charge in [-0.2, -0.15) is 0 Å². The number of carboxylic acids is 1. The van der Waals surface area contributed by atoms with Crippen molar-refractivity contribution in [2.45, 2.75) is 12.8 Å². The number of aromatic nitrogens is 1. The Bertz CT molecular complexity index is 318. The molecule has 0 spiro atoms. The first-order chi connectivity index (χ1) is 6.73. The molecule has 14 heavy (non-hydrogen) atoms. The average Bonchev–Trinajstić information content (AvgIpc) is 2.76. The van der Waals surface area contributed by atoms with Crippen LogP contribution in [-0.2, 0) is 11.2 Å². The second-order valence-corrected chi connectivity index (χ2v) is 4.63. The van der Waals surface area contributed by atoms with E-state index in [2.05, 4.69) is 10.3 Å². The minimum Gasteiger partial charge on any atom is -0.481 e. The highest BCUT2D eigenvalue weighted by molar-refractivity contribution is 7.09. The lowest BCUT2D eigenvalue weighted by molar-refractivity contribution is -0.147. The Kier molecular flexibility index (Phi) is 2.52. The molecule has 1 unspecified atom stereocenters. The van der Waals surface area contributed by atoms with Crippen molar-refractivity contribution in [2.75, 3.05) is 13.1 Å². The van der Waals surface area contributed by atoms with E-state index in [1.165, 1.54) is 11.3 Å². The third kappa shape index (κ3) is 1.65. The van der Waals surface area contributed by atoms with Gasteiger partial charge in [-0.1, -0.05) is 0 Å². The highest BCUT2D eigenvalue weighted by Gasteiger charge is 2.41. The van der Waals surface area contributed by atoms with Gasteiger partial charge in [0.25, 0.3) is 0 Å². The molecule has 1 aliphatic rings. The molecule has 2 heterocycles. The molecule has 5 heteroatoms. The third-order valence-corrected chi connectivity index (χ3v) is 3.47. The van der Waals surface area contributed by atoms with Crippen molar-refractivity contribution in [2.24, 2.45) is 5.41 Å². The number of carboxylic acid groups (broad SMARTS) is 1. The molecule has 1 atom stereocenters. The minimum absolute atomic E-state index is 0.570. The smallest absolute Gasteiger partial charge is 0.311 e. The van der Waals surface area contributed by atoms with Gasteiger partial charge in [0.2, 0.25) is 0 Å². The van der Waals surface area contributed by atoms with E-state index in [9.17, 15) is 9.90 Å². The number of aliphatic carboxylic acids is 1. The molecule has 4 nitrogen and oxygen atoms in total. The van der Waals surface area contributed by atoms with Crippen molar-refractivity contribution in [3.63, 3.8) is 0 Å². The Hall–Kier alpha value is -0.940. The quantitative estimate of drug-likeness (QED) is 0.776. The number of hydrogen-bond acceptors (Lipinski definition) is 4. The van der Waals surface area contributed by atoms with Crippen molar-refractivity contribution >= 4 is 17.3 Å². The number of rotatable bonds is 3. The second-order valence-electron chi connectivity index (χ2n) is 3.66. The van der Waals surface area contributed by atoms with Crippen LogP contribution in [0.2, 0.25) is 0 Å². The zero-order chi connectivity index (χ0) is 10.0. The Morgan fingerprint density at radius 3 is 3.14 bits per heavy atom. The second kappa shape index (κ2) is 3.67. The lowest BCUT2D eigenvalue weighted by Crippen LogP contribution is -2.35. The van der Waals surface area contributed by atoms with Gasteiger partial charge >= 0.3 is 5.97 Å². The van der Waals surface area contributed by atoms with E-state index in [-0.39, 0.29) is 0 Å². The predicted molar refractivity (Wildman–Crippen MR) is 53.4 cm³/mol. The first-order valence-electron chi connectivity index (χ1n) is 4.54. The van der Waals surface area contributed by atoms with Crippen LogP contribution in [0.3, 0.4) is 0 Å². The molecule has 2 N–H and O–H groups in total. The van der Waals surface area contributed by atoms with Gasteiger partial charge in [-0.25, -0.2) is 0 Å². The summed E-state index contributed by atoms with van der Waals surface area (Å²) >= 11 is 1.52. The van der Waals surface area contributed by atoms with Crippen LogP contribution in [0.1, 0.15) is 11.3 Å². The molecule has 76 valence electrons. The van der Waals surface area contributed by atoms with E-state index in [1.54, 1.807) is 11.7 Å². The largest absolute Gasteiger partial charge is 0.481 e. The molecular formula is C9H12N2O2S. The average molecular weight is 212 g/mol. The maximum Gasteiger partial charge on any atom is 0.311 e. The van der Waals surface area contributed by atoms with Gasteiger partial charge < -0.3 is 10.4 Å². The van der Waals surface area contributed by atoms with Crippen LogP contribution in [0, 0.1) is 5.41 Å². The van der Waals surface area contributed by atoms with Crippen molar-refractivity contribution in [1.29, 1.82) is 0 Å². The molecule has 1 fully saturated rings. The summed E-state index contributed by atoms with van der Waals surface area (Å²) in [6.07, 6.45) is 3.06. The number of nitrogens with one attached hydrogen (secondary N) is 1. The van der Waals surface area contributed by atoms with Crippen LogP contribution in [0.5, 0.6) is 0 Å². The number of hydrogen-bond donors (Lipinski definition) is 2. The molecule has 2 rings (SSSR count). The van der Waals surface area contributed by atoms with Gasteiger partial charge in [-0.15, -0.1) is 11.3 Å². The summed E-state index contributed by atoms with van der Waals surface area (Å²) in [5.41, 5.74) is 1.14. The standard InChI is InChI=1S/C9H12N2O2S/c12-8(13)9(1-2-10-5-9)3-7-4-11-6-14-7/h4,6,10H,1-3,5H2,(H,12,13). The molecule has 0 bridgehead atoms. The van der Waals surface area contributed by atoms with Crippen molar-refractivity contribution < 1.29 is 9.90 Å². The summed E-state index contributed by atoms with van der Waals surface area (Å²) in [6, 6.07) is 0. The van der Waals surface area contributed by atoms with Crippen LogP contribution >= 0.6 is 11.3 Å². The summed E-state index contributed by atoms with van der Waals surface area (Å²) in [5.74, 6) is -0.698. The first kappa shape index (κ1) is 9.61. The Morgan fingerprint density at radius 1 is 1.79 bits per heavy atom. The highest BCUT2D eigenvalue weighted by Crippen LogP contribution is 2.31. The van der Waals surface area contributed by atoms with Gasteiger partial charge in [0.05, 0.1) is 10.9 Å². The summed E-state index contributed by atoms with van der Waals surface area (Å²) in [5, 5.41) is 12.3. The Balaban J connectivity index is 2.16.